The Morgan fingerprint density at radius 3 is 2.74 bits per heavy atom. The molecule has 1 aromatic carbocycles. The third-order valence-electron chi connectivity index (χ3n) is 3.15. The molecule has 106 valence electrons. The van der Waals surface area contributed by atoms with Gasteiger partial charge in [0.25, 0.3) is 0 Å². The molecule has 2 unspecified atom stereocenters. The van der Waals surface area contributed by atoms with E-state index in [0.29, 0.717) is 23.7 Å². The number of rotatable bonds is 3. The summed E-state index contributed by atoms with van der Waals surface area (Å²) in [5.41, 5.74) is 0. The van der Waals surface area contributed by atoms with Gasteiger partial charge in [-0.05, 0) is 43.9 Å². The van der Waals surface area contributed by atoms with E-state index >= 15 is 0 Å². The normalized spacial score (nSPS) is 24.4. The van der Waals surface area contributed by atoms with Gasteiger partial charge in [0.2, 0.25) is 10.0 Å². The highest BCUT2D eigenvalue weighted by molar-refractivity contribution is 9.10. The summed E-state index contributed by atoms with van der Waals surface area (Å²) < 4.78 is 40.8. The van der Waals surface area contributed by atoms with Crippen molar-refractivity contribution in [2.24, 2.45) is 0 Å². The van der Waals surface area contributed by atoms with Crippen molar-refractivity contribution in [3.8, 4) is 0 Å². The van der Waals surface area contributed by atoms with Crippen LogP contribution in [0.15, 0.2) is 27.6 Å². The number of halogens is 2. The van der Waals surface area contributed by atoms with Gasteiger partial charge in [-0.2, -0.15) is 0 Å². The summed E-state index contributed by atoms with van der Waals surface area (Å²) in [5.74, 6) is -0.793. The van der Waals surface area contributed by atoms with E-state index in [4.69, 9.17) is 0 Å². The van der Waals surface area contributed by atoms with Crippen LogP contribution in [0.4, 0.5) is 4.39 Å². The van der Waals surface area contributed by atoms with Gasteiger partial charge in [-0.15, -0.1) is 0 Å². The van der Waals surface area contributed by atoms with Crippen molar-refractivity contribution in [3.05, 3.63) is 28.5 Å². The standard InChI is InChI=1S/C12H15BrFNO3S/c13-8-4-5-12(11(14)6-8)19(17,18)15-9-2-1-3-10(16)7-9/h4-6,9-10,15-16H,1-3,7H2. The topological polar surface area (TPSA) is 66.4 Å². The van der Waals surface area contributed by atoms with E-state index in [1.165, 1.54) is 12.1 Å². The minimum Gasteiger partial charge on any atom is -0.393 e. The van der Waals surface area contributed by atoms with Gasteiger partial charge < -0.3 is 5.11 Å². The van der Waals surface area contributed by atoms with Crippen LogP contribution in [-0.2, 0) is 10.0 Å². The molecule has 1 aromatic rings. The SMILES string of the molecule is O=S(=O)(NC1CCCC(O)C1)c1ccc(Br)cc1F. The lowest BCUT2D eigenvalue weighted by molar-refractivity contribution is 0.117. The van der Waals surface area contributed by atoms with Crippen LogP contribution in [0.2, 0.25) is 0 Å². The number of aliphatic hydroxyl groups is 1. The van der Waals surface area contributed by atoms with E-state index in [1.807, 2.05) is 0 Å². The first-order chi connectivity index (χ1) is 8.88. The van der Waals surface area contributed by atoms with Crippen LogP contribution >= 0.6 is 15.9 Å². The molecule has 2 rings (SSSR count). The van der Waals surface area contributed by atoms with E-state index in [2.05, 4.69) is 20.7 Å². The number of sulfonamides is 1. The Morgan fingerprint density at radius 1 is 1.37 bits per heavy atom. The summed E-state index contributed by atoms with van der Waals surface area (Å²) >= 11 is 3.08. The highest BCUT2D eigenvalue weighted by atomic mass is 79.9. The second kappa shape index (κ2) is 5.87. The first kappa shape index (κ1) is 14.9. The zero-order valence-electron chi connectivity index (χ0n) is 10.1. The molecule has 0 aliphatic heterocycles. The maximum atomic E-state index is 13.7. The summed E-state index contributed by atoms with van der Waals surface area (Å²) in [5, 5.41) is 9.52. The molecule has 1 saturated carbocycles. The van der Waals surface area contributed by atoms with Crippen molar-refractivity contribution < 1.29 is 17.9 Å². The van der Waals surface area contributed by atoms with Crippen LogP contribution in [0.1, 0.15) is 25.7 Å². The molecule has 2 atom stereocenters. The second-order valence-electron chi connectivity index (χ2n) is 4.71. The van der Waals surface area contributed by atoms with Gasteiger partial charge in [0, 0.05) is 10.5 Å². The minimum absolute atomic E-state index is 0.336. The maximum Gasteiger partial charge on any atom is 0.243 e. The largest absolute Gasteiger partial charge is 0.393 e. The molecule has 1 aliphatic rings. The van der Waals surface area contributed by atoms with E-state index in [-0.39, 0.29) is 10.9 Å². The quantitative estimate of drug-likeness (QED) is 0.876. The Kier molecular flexibility index (Phi) is 4.60. The average Bonchev–Trinajstić information content (AvgIpc) is 2.27. The van der Waals surface area contributed by atoms with Crippen molar-refractivity contribution in [1.29, 1.82) is 0 Å². The summed E-state index contributed by atoms with van der Waals surface area (Å²) in [6.45, 7) is 0. The van der Waals surface area contributed by atoms with Crippen molar-refractivity contribution in [2.75, 3.05) is 0 Å². The number of aliphatic hydroxyl groups excluding tert-OH is 1. The van der Waals surface area contributed by atoms with E-state index < -0.39 is 21.9 Å². The molecule has 0 aromatic heterocycles. The Morgan fingerprint density at radius 2 is 2.11 bits per heavy atom. The van der Waals surface area contributed by atoms with Crippen molar-refractivity contribution in [1.82, 2.24) is 4.72 Å². The molecule has 1 aliphatic carbocycles. The van der Waals surface area contributed by atoms with E-state index in [0.717, 1.165) is 12.5 Å². The van der Waals surface area contributed by atoms with Gasteiger partial charge in [-0.3, -0.25) is 0 Å². The zero-order chi connectivity index (χ0) is 14.0. The van der Waals surface area contributed by atoms with Gasteiger partial charge >= 0.3 is 0 Å². The molecule has 4 nitrogen and oxygen atoms in total. The third-order valence-corrected chi connectivity index (χ3v) is 5.20. The summed E-state index contributed by atoms with van der Waals surface area (Å²) in [7, 11) is -3.89. The van der Waals surface area contributed by atoms with Gasteiger partial charge in [0.1, 0.15) is 10.7 Å². The molecule has 1 fully saturated rings. The zero-order valence-corrected chi connectivity index (χ0v) is 12.5. The number of hydrogen-bond acceptors (Lipinski definition) is 3. The monoisotopic (exact) mass is 351 g/mol. The lowest BCUT2D eigenvalue weighted by Crippen LogP contribution is -2.39. The Hall–Kier alpha value is -0.500. The van der Waals surface area contributed by atoms with Gasteiger partial charge in [-0.25, -0.2) is 17.5 Å². The van der Waals surface area contributed by atoms with Gasteiger partial charge in [-0.1, -0.05) is 15.9 Å². The number of benzene rings is 1. The van der Waals surface area contributed by atoms with Crippen LogP contribution in [-0.4, -0.2) is 25.7 Å². The lowest BCUT2D eigenvalue weighted by Gasteiger charge is -2.26. The van der Waals surface area contributed by atoms with Gasteiger partial charge in [0.15, 0.2) is 0 Å². The molecule has 0 radical (unpaired) electrons. The first-order valence-electron chi connectivity index (χ1n) is 6.04. The van der Waals surface area contributed by atoms with Crippen LogP contribution in [0.3, 0.4) is 0 Å². The third kappa shape index (κ3) is 3.75. The molecule has 0 saturated heterocycles. The van der Waals surface area contributed by atoms with Crippen LogP contribution in [0.25, 0.3) is 0 Å². The molecule has 0 heterocycles. The molecule has 7 heteroatoms. The van der Waals surface area contributed by atoms with Crippen molar-refractivity contribution in [2.45, 2.75) is 42.7 Å². The molecular formula is C12H15BrFNO3S. The smallest absolute Gasteiger partial charge is 0.243 e. The Bertz CT molecular complexity index is 564. The minimum atomic E-state index is -3.89. The Labute approximate surface area is 120 Å². The first-order valence-corrected chi connectivity index (χ1v) is 8.31. The van der Waals surface area contributed by atoms with Crippen LogP contribution in [0, 0.1) is 5.82 Å². The molecule has 19 heavy (non-hydrogen) atoms. The van der Waals surface area contributed by atoms with E-state index in [1.54, 1.807) is 0 Å². The van der Waals surface area contributed by atoms with Crippen molar-refractivity contribution in [3.63, 3.8) is 0 Å². The fourth-order valence-electron chi connectivity index (χ4n) is 2.25. The second-order valence-corrected chi connectivity index (χ2v) is 7.31. The number of nitrogens with one attached hydrogen (secondary N) is 1. The maximum absolute atomic E-state index is 13.7. The summed E-state index contributed by atoms with van der Waals surface area (Å²) in [6, 6.07) is 3.48. The highest BCUT2D eigenvalue weighted by Crippen LogP contribution is 2.23. The molecule has 2 N–H and O–H groups in total. The fraction of sp³-hybridized carbons (Fsp3) is 0.500. The highest BCUT2D eigenvalue weighted by Gasteiger charge is 2.27. The Balaban J connectivity index is 2.18. The van der Waals surface area contributed by atoms with Crippen LogP contribution in [0.5, 0.6) is 0 Å². The molecule has 0 bridgehead atoms. The summed E-state index contributed by atoms with van der Waals surface area (Å²) in [4.78, 5) is -0.365. The van der Waals surface area contributed by atoms with E-state index in [9.17, 15) is 17.9 Å². The molecule has 0 amide bonds. The fourth-order valence-corrected chi connectivity index (χ4v) is 3.92. The molecular weight excluding hydrogens is 337 g/mol. The van der Waals surface area contributed by atoms with Crippen LogP contribution < -0.4 is 4.72 Å². The summed E-state index contributed by atoms with van der Waals surface area (Å²) in [6.07, 6.45) is 1.99. The lowest BCUT2D eigenvalue weighted by atomic mass is 9.94. The van der Waals surface area contributed by atoms with Gasteiger partial charge in [0.05, 0.1) is 6.10 Å². The average molecular weight is 352 g/mol. The van der Waals surface area contributed by atoms with Crippen molar-refractivity contribution >= 4 is 26.0 Å². The number of hydrogen-bond donors (Lipinski definition) is 2. The molecule has 0 spiro atoms. The predicted octanol–water partition coefficient (Wildman–Crippen LogP) is 2.17. The predicted molar refractivity (Wildman–Crippen MR) is 72.7 cm³/mol.